The molecule has 3 aromatic rings. The number of nitrogens with zero attached hydrogens (tertiary/aromatic N) is 1. The zero-order valence-corrected chi connectivity index (χ0v) is 20.3. The molecule has 0 saturated carbocycles. The predicted octanol–water partition coefficient (Wildman–Crippen LogP) is 5.45. The van der Waals surface area contributed by atoms with E-state index in [-0.39, 0.29) is 26.9 Å². The fourth-order valence-corrected chi connectivity index (χ4v) is 4.53. The smallest absolute Gasteiger partial charge is 0.418 e. The molecular formula is C23H20ClF3N2O5S. The average molecular weight is 529 g/mol. The van der Waals surface area contributed by atoms with Crippen molar-refractivity contribution >= 4 is 38.9 Å². The van der Waals surface area contributed by atoms with Crippen LogP contribution >= 0.6 is 11.6 Å². The van der Waals surface area contributed by atoms with E-state index in [9.17, 15) is 26.4 Å². The van der Waals surface area contributed by atoms with Gasteiger partial charge in [-0.25, -0.2) is 8.42 Å². The highest BCUT2D eigenvalue weighted by molar-refractivity contribution is 7.92. The van der Waals surface area contributed by atoms with Crippen LogP contribution in [0, 0.1) is 0 Å². The molecule has 0 atom stereocenters. The monoisotopic (exact) mass is 528 g/mol. The summed E-state index contributed by atoms with van der Waals surface area (Å²) in [6.07, 6.45) is -4.72. The van der Waals surface area contributed by atoms with Crippen molar-refractivity contribution in [3.05, 3.63) is 76.8 Å². The van der Waals surface area contributed by atoms with E-state index in [4.69, 9.17) is 21.1 Å². The van der Waals surface area contributed by atoms with E-state index in [0.717, 1.165) is 10.4 Å². The van der Waals surface area contributed by atoms with Crippen molar-refractivity contribution in [2.75, 3.05) is 30.9 Å². The summed E-state index contributed by atoms with van der Waals surface area (Å²) < 4.78 is 77.2. The number of anilines is 2. The Balaban J connectivity index is 1.83. The van der Waals surface area contributed by atoms with Crippen LogP contribution in [0.25, 0.3) is 0 Å². The Morgan fingerprint density at radius 1 is 0.943 bits per heavy atom. The summed E-state index contributed by atoms with van der Waals surface area (Å²) in [4.78, 5) is 12.5. The summed E-state index contributed by atoms with van der Waals surface area (Å²) in [5, 5.41) is 2.09. The third kappa shape index (κ3) is 5.63. The molecule has 186 valence electrons. The quantitative estimate of drug-likeness (QED) is 0.440. The zero-order valence-electron chi connectivity index (χ0n) is 18.7. The first-order chi connectivity index (χ1) is 16.4. The number of carbonyl (C=O) groups excluding carboxylic acids is 1. The lowest BCUT2D eigenvalue weighted by Crippen LogP contribution is -2.26. The third-order valence-electron chi connectivity index (χ3n) is 5.04. The number of methoxy groups -OCH3 is 2. The van der Waals surface area contributed by atoms with Crippen molar-refractivity contribution in [2.24, 2.45) is 0 Å². The normalized spacial score (nSPS) is 11.6. The number of alkyl halides is 3. The third-order valence-corrected chi connectivity index (χ3v) is 7.06. The van der Waals surface area contributed by atoms with Crippen LogP contribution < -0.4 is 19.1 Å². The van der Waals surface area contributed by atoms with Crippen LogP contribution in [0.1, 0.15) is 15.9 Å². The van der Waals surface area contributed by atoms with Gasteiger partial charge in [0.1, 0.15) is 0 Å². The number of amides is 1. The molecule has 3 rings (SSSR count). The van der Waals surface area contributed by atoms with Gasteiger partial charge in [-0.1, -0.05) is 11.6 Å². The molecule has 35 heavy (non-hydrogen) atoms. The lowest BCUT2D eigenvalue weighted by molar-refractivity contribution is -0.136. The zero-order chi connectivity index (χ0) is 26.0. The first-order valence-electron chi connectivity index (χ1n) is 9.87. The van der Waals surface area contributed by atoms with Crippen LogP contribution in [-0.4, -0.2) is 35.6 Å². The molecule has 0 radical (unpaired) electrons. The van der Waals surface area contributed by atoms with Crippen LogP contribution in [0.3, 0.4) is 0 Å². The highest BCUT2D eigenvalue weighted by Crippen LogP contribution is 2.37. The standard InChI is InChI=1S/C23H20ClF3N2O5S/c1-29(35(31,32)17-9-11-20(33-2)21(13-17)34-3)16-7-4-14(5-8-16)22(30)28-19-10-6-15(24)12-18(19)23(25,26)27/h4-13H,1-3H3,(H,28,30). The van der Waals surface area contributed by atoms with E-state index in [1.54, 1.807) is 0 Å². The van der Waals surface area contributed by atoms with Gasteiger partial charge in [-0.3, -0.25) is 9.10 Å². The van der Waals surface area contributed by atoms with E-state index in [1.165, 1.54) is 69.8 Å². The summed E-state index contributed by atoms with van der Waals surface area (Å²) in [7, 11) is 0.128. The van der Waals surface area contributed by atoms with Gasteiger partial charge in [0.05, 0.1) is 36.1 Å². The minimum absolute atomic E-state index is 0.0220. The largest absolute Gasteiger partial charge is 0.493 e. The van der Waals surface area contributed by atoms with E-state index in [0.29, 0.717) is 11.8 Å². The summed E-state index contributed by atoms with van der Waals surface area (Å²) in [6.45, 7) is 0. The molecule has 0 spiro atoms. The summed E-state index contributed by atoms with van der Waals surface area (Å²) in [5.74, 6) is -0.219. The number of sulfonamides is 1. The number of carbonyl (C=O) groups is 1. The van der Waals surface area contributed by atoms with Crippen molar-refractivity contribution in [2.45, 2.75) is 11.1 Å². The summed E-state index contributed by atoms with van der Waals surface area (Å²) in [5.41, 5.74) is -1.30. The molecule has 0 aliphatic carbocycles. The van der Waals surface area contributed by atoms with Gasteiger partial charge in [0.25, 0.3) is 15.9 Å². The van der Waals surface area contributed by atoms with Gasteiger partial charge in [0, 0.05) is 23.7 Å². The van der Waals surface area contributed by atoms with Gasteiger partial charge in [-0.2, -0.15) is 13.2 Å². The number of nitrogens with one attached hydrogen (secondary N) is 1. The van der Waals surface area contributed by atoms with Crippen LogP contribution in [0.4, 0.5) is 24.5 Å². The number of halogens is 4. The van der Waals surface area contributed by atoms with Gasteiger partial charge < -0.3 is 14.8 Å². The maximum Gasteiger partial charge on any atom is 0.418 e. The number of rotatable bonds is 7. The molecule has 0 heterocycles. The highest BCUT2D eigenvalue weighted by atomic mass is 35.5. The molecule has 0 aromatic heterocycles. The maximum atomic E-state index is 13.3. The molecule has 0 aliphatic heterocycles. The number of ether oxygens (including phenoxy) is 2. The molecule has 0 saturated heterocycles. The first-order valence-corrected chi connectivity index (χ1v) is 11.7. The molecule has 3 aromatic carbocycles. The van der Waals surface area contributed by atoms with Crippen molar-refractivity contribution in [1.82, 2.24) is 0 Å². The second-order valence-electron chi connectivity index (χ2n) is 7.18. The number of hydrogen-bond donors (Lipinski definition) is 1. The van der Waals surface area contributed by atoms with Crippen LogP contribution in [0.5, 0.6) is 11.5 Å². The topological polar surface area (TPSA) is 84.9 Å². The second-order valence-corrected chi connectivity index (χ2v) is 9.58. The Bertz CT molecular complexity index is 1350. The Kier molecular flexibility index (Phi) is 7.51. The molecule has 12 heteroatoms. The second kappa shape index (κ2) is 10.0. The van der Waals surface area contributed by atoms with Crippen LogP contribution in [-0.2, 0) is 16.2 Å². The molecule has 0 unspecified atom stereocenters. The predicted molar refractivity (Wildman–Crippen MR) is 126 cm³/mol. The molecule has 0 bridgehead atoms. The van der Waals surface area contributed by atoms with E-state index in [1.807, 2.05) is 0 Å². The van der Waals surface area contributed by atoms with E-state index in [2.05, 4.69) is 5.32 Å². The number of benzene rings is 3. The van der Waals surface area contributed by atoms with Crippen molar-refractivity contribution in [1.29, 1.82) is 0 Å². The highest BCUT2D eigenvalue weighted by Gasteiger charge is 2.34. The van der Waals surface area contributed by atoms with Gasteiger partial charge in [0.15, 0.2) is 11.5 Å². The SMILES string of the molecule is COc1ccc(S(=O)(=O)N(C)c2ccc(C(=O)Nc3ccc(Cl)cc3C(F)(F)F)cc2)cc1OC. The van der Waals surface area contributed by atoms with Gasteiger partial charge in [-0.15, -0.1) is 0 Å². The minimum Gasteiger partial charge on any atom is -0.493 e. The van der Waals surface area contributed by atoms with Crippen LogP contribution in [0.15, 0.2) is 65.6 Å². The molecule has 7 nitrogen and oxygen atoms in total. The fourth-order valence-electron chi connectivity index (χ4n) is 3.15. The summed E-state index contributed by atoms with van der Waals surface area (Å²) >= 11 is 5.66. The van der Waals surface area contributed by atoms with E-state index < -0.39 is 33.4 Å². The van der Waals surface area contributed by atoms with Crippen molar-refractivity contribution in [3.63, 3.8) is 0 Å². The summed E-state index contributed by atoms with van der Waals surface area (Å²) in [6, 6.07) is 12.5. The van der Waals surface area contributed by atoms with Gasteiger partial charge >= 0.3 is 6.18 Å². The number of hydrogen-bond acceptors (Lipinski definition) is 5. The molecule has 1 N–H and O–H groups in total. The fraction of sp³-hybridized carbons (Fsp3) is 0.174. The molecule has 0 fully saturated rings. The van der Waals surface area contributed by atoms with Crippen molar-refractivity contribution in [3.8, 4) is 11.5 Å². The minimum atomic E-state index is -4.72. The van der Waals surface area contributed by atoms with E-state index >= 15 is 0 Å². The van der Waals surface area contributed by atoms with Crippen molar-refractivity contribution < 1.29 is 35.9 Å². The maximum absolute atomic E-state index is 13.3. The Morgan fingerprint density at radius 2 is 1.57 bits per heavy atom. The Morgan fingerprint density at radius 3 is 2.14 bits per heavy atom. The molecular weight excluding hydrogens is 509 g/mol. The molecule has 0 aliphatic rings. The lowest BCUT2D eigenvalue weighted by atomic mass is 10.1. The average Bonchev–Trinajstić information content (AvgIpc) is 2.83. The van der Waals surface area contributed by atoms with Crippen LogP contribution in [0.2, 0.25) is 5.02 Å². The first kappa shape index (κ1) is 26.2. The van der Waals surface area contributed by atoms with Gasteiger partial charge in [-0.05, 0) is 54.6 Å². The lowest BCUT2D eigenvalue weighted by Gasteiger charge is -2.20. The Hall–Kier alpha value is -3.44. The Labute approximate surface area is 205 Å². The van der Waals surface area contributed by atoms with Gasteiger partial charge in [0.2, 0.25) is 0 Å². The molecule has 1 amide bonds.